The molecule has 3 aromatic rings. The highest BCUT2D eigenvalue weighted by molar-refractivity contribution is 7.92. The molecule has 3 N–H and O–H groups in total. The molecule has 0 radical (unpaired) electrons. The number of fused-ring (bicyclic) bond motifs is 1. The van der Waals surface area contributed by atoms with Gasteiger partial charge in [0, 0.05) is 36.8 Å². The Bertz CT molecular complexity index is 1430. The predicted molar refractivity (Wildman–Crippen MR) is 132 cm³/mol. The van der Waals surface area contributed by atoms with Crippen molar-refractivity contribution in [3.63, 3.8) is 0 Å². The number of benzene rings is 1. The fourth-order valence-electron chi connectivity index (χ4n) is 3.99. The molecule has 0 saturated carbocycles. The van der Waals surface area contributed by atoms with Gasteiger partial charge in [-0.05, 0) is 49.1 Å². The van der Waals surface area contributed by atoms with Gasteiger partial charge in [-0.1, -0.05) is 13.0 Å². The molecule has 1 saturated heterocycles. The second kappa shape index (κ2) is 10.4. The van der Waals surface area contributed by atoms with Gasteiger partial charge < -0.3 is 15.7 Å². The minimum absolute atomic E-state index is 0.0159. The molecule has 1 aliphatic heterocycles. The lowest BCUT2D eigenvalue weighted by atomic mass is 10.1. The zero-order valence-electron chi connectivity index (χ0n) is 19.6. The van der Waals surface area contributed by atoms with Crippen LogP contribution in [0.15, 0.2) is 36.5 Å². The Hall–Kier alpha value is -3.80. The molecule has 12 heteroatoms. The Labute approximate surface area is 207 Å². The highest BCUT2D eigenvalue weighted by Crippen LogP contribution is 2.35. The number of carbonyl (C=O) groups is 2. The van der Waals surface area contributed by atoms with Crippen LogP contribution in [0.5, 0.6) is 5.75 Å². The zero-order valence-corrected chi connectivity index (χ0v) is 20.4. The second-order valence-corrected chi connectivity index (χ2v) is 10.4. The smallest absolute Gasteiger partial charge is 0.274 e. The van der Waals surface area contributed by atoms with E-state index in [9.17, 15) is 27.5 Å². The van der Waals surface area contributed by atoms with E-state index in [-0.39, 0.29) is 35.7 Å². The van der Waals surface area contributed by atoms with E-state index in [0.29, 0.717) is 36.8 Å². The Morgan fingerprint density at radius 3 is 2.72 bits per heavy atom. The number of sulfonamides is 1. The number of nitrogens with one attached hydrogen (secondary N) is 2. The second-order valence-electron chi connectivity index (χ2n) is 8.37. The average Bonchev–Trinajstić information content (AvgIpc) is 2.87. The van der Waals surface area contributed by atoms with E-state index in [1.54, 1.807) is 12.1 Å². The first-order valence-electron chi connectivity index (χ1n) is 11.6. The van der Waals surface area contributed by atoms with Gasteiger partial charge in [-0.3, -0.25) is 18.9 Å². The number of carbonyl (C=O) groups excluding carboxylic acids is 2. The number of rotatable bonds is 7. The van der Waals surface area contributed by atoms with Crippen LogP contribution in [-0.4, -0.2) is 54.1 Å². The van der Waals surface area contributed by atoms with Crippen molar-refractivity contribution in [2.45, 2.75) is 32.7 Å². The Morgan fingerprint density at radius 2 is 1.97 bits per heavy atom. The van der Waals surface area contributed by atoms with Crippen LogP contribution in [0.1, 0.15) is 52.6 Å². The van der Waals surface area contributed by atoms with E-state index in [0.717, 1.165) is 10.4 Å². The molecule has 0 unspecified atom stereocenters. The lowest BCUT2D eigenvalue weighted by molar-refractivity contribution is 0.0931. The molecule has 190 valence electrons. The summed E-state index contributed by atoms with van der Waals surface area (Å²) in [5.41, 5.74) is 0.0581. The largest absolute Gasteiger partial charge is 0.504 e. The normalized spacial score (nSPS) is 15.0. The average molecular weight is 516 g/mol. The lowest BCUT2D eigenvalue weighted by Gasteiger charge is -2.28. The lowest BCUT2D eigenvalue weighted by Crippen LogP contribution is -2.39. The Balaban J connectivity index is 1.68. The number of pyridine rings is 2. The van der Waals surface area contributed by atoms with E-state index in [2.05, 4.69) is 20.6 Å². The van der Waals surface area contributed by atoms with Gasteiger partial charge in [0.1, 0.15) is 11.3 Å². The van der Waals surface area contributed by atoms with Crippen molar-refractivity contribution in [1.82, 2.24) is 20.6 Å². The van der Waals surface area contributed by atoms with Crippen molar-refractivity contribution in [2.75, 3.05) is 23.1 Å². The highest BCUT2D eigenvalue weighted by Gasteiger charge is 2.31. The molecule has 36 heavy (non-hydrogen) atoms. The minimum Gasteiger partial charge on any atom is -0.504 e. The summed E-state index contributed by atoms with van der Waals surface area (Å²) in [6.45, 7) is 2.32. The third-order valence-electron chi connectivity index (χ3n) is 5.81. The van der Waals surface area contributed by atoms with E-state index in [1.807, 2.05) is 6.92 Å². The van der Waals surface area contributed by atoms with Gasteiger partial charge in [0.05, 0.1) is 5.75 Å². The minimum atomic E-state index is -3.66. The van der Waals surface area contributed by atoms with Crippen LogP contribution in [0.4, 0.5) is 10.2 Å². The van der Waals surface area contributed by atoms with Gasteiger partial charge in [-0.25, -0.2) is 17.8 Å². The molecule has 1 fully saturated rings. The number of aromatic nitrogens is 2. The summed E-state index contributed by atoms with van der Waals surface area (Å²) in [6.07, 6.45) is 3.26. The number of halogens is 1. The Kier molecular flexibility index (Phi) is 7.34. The van der Waals surface area contributed by atoms with E-state index in [1.165, 1.54) is 18.3 Å². The van der Waals surface area contributed by atoms with E-state index < -0.39 is 39.1 Å². The maximum absolute atomic E-state index is 13.8. The Morgan fingerprint density at radius 1 is 1.17 bits per heavy atom. The summed E-state index contributed by atoms with van der Waals surface area (Å²) >= 11 is 0. The quantitative estimate of drug-likeness (QED) is 0.439. The number of anilines is 1. The van der Waals surface area contributed by atoms with Gasteiger partial charge in [0.25, 0.3) is 11.8 Å². The van der Waals surface area contributed by atoms with Gasteiger partial charge >= 0.3 is 0 Å². The predicted octanol–water partition coefficient (Wildman–Crippen LogP) is 2.47. The van der Waals surface area contributed by atoms with Crippen molar-refractivity contribution in [2.24, 2.45) is 0 Å². The summed E-state index contributed by atoms with van der Waals surface area (Å²) in [4.78, 5) is 33.9. The van der Waals surface area contributed by atoms with Crippen LogP contribution in [0, 0.1) is 5.82 Å². The standard InChI is InChI=1S/C24H26FN5O5S/c1-2-9-27-23(32)18-13-16(25)8-7-15(18)14-28-24(33)20-21(31)19-17(6-5-10-26-19)22(29-20)30-11-3-4-12-36(30,34)35/h5-8,10,13,31H,2-4,9,11-12,14H2,1H3,(H,27,32)(H,28,33). The first-order valence-corrected chi connectivity index (χ1v) is 13.2. The molecule has 1 aliphatic rings. The molecule has 0 atom stereocenters. The van der Waals surface area contributed by atoms with Gasteiger partial charge in [0.15, 0.2) is 17.3 Å². The van der Waals surface area contributed by atoms with Crippen LogP contribution in [0.2, 0.25) is 0 Å². The van der Waals surface area contributed by atoms with Crippen molar-refractivity contribution >= 4 is 38.6 Å². The fraction of sp³-hybridized carbons (Fsp3) is 0.333. The number of amides is 2. The molecule has 2 aromatic heterocycles. The summed E-state index contributed by atoms with van der Waals surface area (Å²) in [5, 5.41) is 16.3. The number of nitrogens with zero attached hydrogens (tertiary/aromatic N) is 3. The molecule has 0 spiro atoms. The summed E-state index contributed by atoms with van der Waals surface area (Å²) in [7, 11) is -3.66. The number of hydrogen-bond donors (Lipinski definition) is 3. The number of aromatic hydroxyl groups is 1. The third kappa shape index (κ3) is 5.08. The van der Waals surface area contributed by atoms with Crippen molar-refractivity contribution in [1.29, 1.82) is 0 Å². The molecule has 3 heterocycles. The molecular formula is C24H26FN5O5S. The first-order chi connectivity index (χ1) is 17.2. The van der Waals surface area contributed by atoms with Crippen LogP contribution < -0.4 is 14.9 Å². The number of hydrogen-bond acceptors (Lipinski definition) is 7. The topological polar surface area (TPSA) is 142 Å². The SMILES string of the molecule is CCCNC(=O)c1cc(F)ccc1CNC(=O)c1nc(N2CCCCS2(=O)=O)c2cccnc2c1O. The molecule has 10 nitrogen and oxygen atoms in total. The van der Waals surface area contributed by atoms with E-state index in [4.69, 9.17) is 0 Å². The summed E-state index contributed by atoms with van der Waals surface area (Å²) in [6, 6.07) is 6.81. The summed E-state index contributed by atoms with van der Waals surface area (Å²) < 4.78 is 40.4. The van der Waals surface area contributed by atoms with Crippen molar-refractivity contribution in [3.05, 3.63) is 59.2 Å². The van der Waals surface area contributed by atoms with Crippen molar-refractivity contribution < 1.29 is 27.5 Å². The molecule has 1 aromatic carbocycles. The highest BCUT2D eigenvalue weighted by atomic mass is 32.2. The van der Waals surface area contributed by atoms with Gasteiger partial charge in [0.2, 0.25) is 10.0 Å². The van der Waals surface area contributed by atoms with Gasteiger partial charge in [-0.2, -0.15) is 0 Å². The molecule has 2 amide bonds. The molecule has 4 rings (SSSR count). The maximum atomic E-state index is 13.8. The molecular weight excluding hydrogens is 489 g/mol. The van der Waals surface area contributed by atoms with Crippen LogP contribution in [0.3, 0.4) is 0 Å². The maximum Gasteiger partial charge on any atom is 0.274 e. The third-order valence-corrected chi connectivity index (χ3v) is 7.64. The summed E-state index contributed by atoms with van der Waals surface area (Å²) in [5.74, 6) is -2.41. The first kappa shape index (κ1) is 25.3. The monoisotopic (exact) mass is 515 g/mol. The zero-order chi connectivity index (χ0) is 25.9. The molecule has 0 aliphatic carbocycles. The van der Waals surface area contributed by atoms with Gasteiger partial charge in [-0.15, -0.1) is 0 Å². The van der Waals surface area contributed by atoms with Crippen molar-refractivity contribution in [3.8, 4) is 5.75 Å². The van der Waals surface area contributed by atoms with Crippen LogP contribution in [-0.2, 0) is 16.6 Å². The van der Waals surface area contributed by atoms with Crippen LogP contribution in [0.25, 0.3) is 10.9 Å². The molecule has 0 bridgehead atoms. The van der Waals surface area contributed by atoms with E-state index >= 15 is 0 Å². The van der Waals surface area contributed by atoms with Crippen LogP contribution >= 0.6 is 0 Å². The fourth-order valence-corrected chi connectivity index (χ4v) is 5.59.